The number of alkyl halides is 3. The molecule has 0 amide bonds. The van der Waals surface area contributed by atoms with Gasteiger partial charge in [0.15, 0.2) is 0 Å². The second kappa shape index (κ2) is 4.90. The summed E-state index contributed by atoms with van der Waals surface area (Å²) in [7, 11) is 1.53. The average Bonchev–Trinajstić information content (AvgIpc) is 2.95. The van der Waals surface area contributed by atoms with Gasteiger partial charge in [-0.1, -0.05) is 6.07 Å². The van der Waals surface area contributed by atoms with E-state index in [9.17, 15) is 13.2 Å². The van der Waals surface area contributed by atoms with Crippen molar-refractivity contribution >= 4 is 32.5 Å². The van der Waals surface area contributed by atoms with Gasteiger partial charge in [0.2, 0.25) is 0 Å². The van der Waals surface area contributed by atoms with E-state index in [1.54, 1.807) is 12.1 Å². The number of aryl methyl sites for hydroxylation is 1. The average molecular weight is 330 g/mol. The molecule has 0 aliphatic heterocycles. The molecule has 1 heterocycles. The minimum absolute atomic E-state index is 0.534. The van der Waals surface area contributed by atoms with Crippen molar-refractivity contribution in [3.63, 3.8) is 0 Å². The minimum Gasteiger partial charge on any atom is -0.497 e. The zero-order valence-electron chi connectivity index (χ0n) is 13.0. The molecule has 0 spiro atoms. The van der Waals surface area contributed by atoms with Gasteiger partial charge < -0.3 is 9.15 Å². The first kappa shape index (κ1) is 14.9. The van der Waals surface area contributed by atoms with Crippen LogP contribution in [0.15, 0.2) is 46.9 Å². The number of ether oxygens (including phenoxy) is 1. The Morgan fingerprint density at radius 1 is 0.833 bits per heavy atom. The highest BCUT2D eigenvalue weighted by Crippen LogP contribution is 2.40. The molecule has 0 aliphatic carbocycles. The number of furan rings is 1. The molecule has 5 heteroatoms. The van der Waals surface area contributed by atoms with Crippen molar-refractivity contribution in [1.29, 1.82) is 0 Å². The topological polar surface area (TPSA) is 22.4 Å². The Hall–Kier alpha value is -2.69. The zero-order chi connectivity index (χ0) is 17.1. The molecule has 4 rings (SSSR count). The standard InChI is InChI=1S/C19H13F3O2/c1-10-7-17-13-5-3-11(19(20,21)22)8-15(13)16-9-12(23-2)4-6-14(16)18(17)24-10/h3-9H,1-2H3. The summed E-state index contributed by atoms with van der Waals surface area (Å²) in [6.45, 7) is 1.82. The molecule has 2 nitrogen and oxygen atoms in total. The second-order valence-corrected chi connectivity index (χ2v) is 5.77. The third-order valence-corrected chi connectivity index (χ3v) is 4.25. The van der Waals surface area contributed by atoms with E-state index in [1.165, 1.54) is 19.2 Å². The molecule has 0 bridgehead atoms. The molecule has 0 saturated heterocycles. The fourth-order valence-corrected chi connectivity index (χ4v) is 3.16. The molecule has 3 aromatic carbocycles. The maximum atomic E-state index is 13.1. The van der Waals surface area contributed by atoms with Crippen LogP contribution in [0.4, 0.5) is 13.2 Å². The highest BCUT2D eigenvalue weighted by atomic mass is 19.4. The molecule has 24 heavy (non-hydrogen) atoms. The van der Waals surface area contributed by atoms with Gasteiger partial charge in [0.05, 0.1) is 12.7 Å². The van der Waals surface area contributed by atoms with Crippen molar-refractivity contribution in [3.8, 4) is 5.75 Å². The van der Waals surface area contributed by atoms with E-state index in [-0.39, 0.29) is 0 Å². The first-order valence-electron chi connectivity index (χ1n) is 7.39. The molecule has 0 saturated carbocycles. The monoisotopic (exact) mass is 330 g/mol. The summed E-state index contributed by atoms with van der Waals surface area (Å²) in [5.74, 6) is 1.30. The lowest BCUT2D eigenvalue weighted by Crippen LogP contribution is -2.04. The van der Waals surface area contributed by atoms with Gasteiger partial charge in [0, 0.05) is 10.8 Å². The lowest BCUT2D eigenvalue weighted by atomic mass is 9.96. The third kappa shape index (κ3) is 2.12. The maximum absolute atomic E-state index is 13.1. The SMILES string of the molecule is COc1ccc2c(c1)c1cc(C(F)(F)F)ccc1c1cc(C)oc21. The van der Waals surface area contributed by atoms with Crippen molar-refractivity contribution in [2.24, 2.45) is 0 Å². The molecule has 0 aliphatic rings. The maximum Gasteiger partial charge on any atom is 0.416 e. The van der Waals surface area contributed by atoms with Crippen molar-refractivity contribution in [2.75, 3.05) is 7.11 Å². The molecule has 0 fully saturated rings. The number of halogens is 3. The first-order chi connectivity index (χ1) is 11.4. The molecule has 1 aromatic heterocycles. The van der Waals surface area contributed by atoms with E-state index in [0.717, 1.165) is 28.0 Å². The Kier molecular flexibility index (Phi) is 3.04. The van der Waals surface area contributed by atoms with Crippen LogP contribution in [-0.2, 0) is 6.18 Å². The normalized spacial score (nSPS) is 12.4. The van der Waals surface area contributed by atoms with E-state index in [1.807, 2.05) is 19.1 Å². The van der Waals surface area contributed by atoms with Gasteiger partial charge in [-0.3, -0.25) is 0 Å². The largest absolute Gasteiger partial charge is 0.497 e. The van der Waals surface area contributed by atoms with Crippen LogP contribution >= 0.6 is 0 Å². The Bertz CT molecular complexity index is 1090. The van der Waals surface area contributed by atoms with Crippen molar-refractivity contribution < 1.29 is 22.3 Å². The van der Waals surface area contributed by atoms with Gasteiger partial charge in [-0.2, -0.15) is 13.2 Å². The molecule has 0 N–H and O–H groups in total. The Balaban J connectivity index is 2.24. The van der Waals surface area contributed by atoms with Crippen LogP contribution in [0.5, 0.6) is 5.75 Å². The van der Waals surface area contributed by atoms with Crippen LogP contribution in [0.2, 0.25) is 0 Å². The summed E-state index contributed by atoms with van der Waals surface area (Å²) >= 11 is 0. The molecule has 4 aromatic rings. The van der Waals surface area contributed by atoms with E-state index in [4.69, 9.17) is 9.15 Å². The number of rotatable bonds is 1. The van der Waals surface area contributed by atoms with Crippen molar-refractivity contribution in [3.05, 3.63) is 53.8 Å². The van der Waals surface area contributed by atoms with E-state index in [2.05, 4.69) is 0 Å². The molecule has 0 radical (unpaired) electrons. The summed E-state index contributed by atoms with van der Waals surface area (Å²) in [6, 6.07) is 11.0. The van der Waals surface area contributed by atoms with Gasteiger partial charge in [0.1, 0.15) is 17.1 Å². The number of hydrogen-bond donors (Lipinski definition) is 0. The Morgan fingerprint density at radius 2 is 1.54 bits per heavy atom. The summed E-state index contributed by atoms with van der Waals surface area (Å²) in [5, 5.41) is 3.53. The zero-order valence-corrected chi connectivity index (χ0v) is 13.0. The predicted octanol–water partition coefficient (Wildman–Crippen LogP) is 6.08. The van der Waals surface area contributed by atoms with Crippen molar-refractivity contribution in [1.82, 2.24) is 0 Å². The van der Waals surface area contributed by atoms with E-state index >= 15 is 0 Å². The minimum atomic E-state index is -4.39. The van der Waals surface area contributed by atoms with Crippen LogP contribution in [0.3, 0.4) is 0 Å². The number of fused-ring (bicyclic) bond motifs is 6. The van der Waals surface area contributed by atoms with Gasteiger partial charge in [-0.05, 0) is 59.5 Å². The molecule has 122 valence electrons. The molecular weight excluding hydrogens is 317 g/mol. The third-order valence-electron chi connectivity index (χ3n) is 4.25. The molecular formula is C19H13F3O2. The smallest absolute Gasteiger partial charge is 0.416 e. The van der Waals surface area contributed by atoms with Gasteiger partial charge in [-0.25, -0.2) is 0 Å². The van der Waals surface area contributed by atoms with Crippen LogP contribution in [0, 0.1) is 6.92 Å². The summed E-state index contributed by atoms with van der Waals surface area (Å²) in [4.78, 5) is 0. The lowest BCUT2D eigenvalue weighted by Gasteiger charge is -2.11. The van der Waals surface area contributed by atoms with Gasteiger partial charge >= 0.3 is 6.18 Å². The second-order valence-electron chi connectivity index (χ2n) is 5.77. The first-order valence-corrected chi connectivity index (χ1v) is 7.39. The van der Waals surface area contributed by atoms with Crippen LogP contribution < -0.4 is 4.74 Å². The highest BCUT2D eigenvalue weighted by molar-refractivity contribution is 6.24. The van der Waals surface area contributed by atoms with Gasteiger partial charge in [-0.15, -0.1) is 0 Å². The molecule has 0 atom stereocenters. The molecule has 0 unspecified atom stereocenters. The van der Waals surface area contributed by atoms with Crippen LogP contribution in [0.1, 0.15) is 11.3 Å². The quantitative estimate of drug-likeness (QED) is 0.395. The fourth-order valence-electron chi connectivity index (χ4n) is 3.16. The number of benzene rings is 3. The van der Waals surface area contributed by atoms with Crippen LogP contribution in [0.25, 0.3) is 32.5 Å². The van der Waals surface area contributed by atoms with Crippen LogP contribution in [-0.4, -0.2) is 7.11 Å². The summed E-state index contributed by atoms with van der Waals surface area (Å²) in [5.41, 5.74) is 0.0103. The number of hydrogen-bond acceptors (Lipinski definition) is 2. The number of methoxy groups -OCH3 is 1. The Morgan fingerprint density at radius 3 is 2.25 bits per heavy atom. The fraction of sp³-hybridized carbons (Fsp3) is 0.158. The van der Waals surface area contributed by atoms with Crippen molar-refractivity contribution in [2.45, 2.75) is 13.1 Å². The summed E-state index contributed by atoms with van der Waals surface area (Å²) in [6.07, 6.45) is -4.39. The predicted molar refractivity (Wildman–Crippen MR) is 87.5 cm³/mol. The lowest BCUT2D eigenvalue weighted by molar-refractivity contribution is -0.137. The highest BCUT2D eigenvalue weighted by Gasteiger charge is 2.31. The Labute approximate surface area is 135 Å². The van der Waals surface area contributed by atoms with E-state index in [0.29, 0.717) is 22.1 Å². The summed E-state index contributed by atoms with van der Waals surface area (Å²) < 4.78 is 50.4. The van der Waals surface area contributed by atoms with Gasteiger partial charge in [0.25, 0.3) is 0 Å². The van der Waals surface area contributed by atoms with E-state index < -0.39 is 11.7 Å².